The van der Waals surface area contributed by atoms with Crippen molar-refractivity contribution in [3.63, 3.8) is 0 Å². The van der Waals surface area contributed by atoms with Gasteiger partial charge in [-0.1, -0.05) is 12.1 Å². The van der Waals surface area contributed by atoms with E-state index in [1.54, 1.807) is 31.2 Å². The number of carbonyl (C=O) groups excluding carboxylic acids is 2. The number of hydrogen-bond donors (Lipinski definition) is 1. The molecule has 0 amide bonds. The van der Waals surface area contributed by atoms with Crippen LogP contribution < -0.4 is 5.56 Å². The van der Waals surface area contributed by atoms with Gasteiger partial charge in [-0.15, -0.1) is 0 Å². The maximum Gasteiger partial charge on any atom is 0.341 e. The van der Waals surface area contributed by atoms with Crippen LogP contribution in [0.5, 0.6) is 0 Å². The lowest BCUT2D eigenvalue weighted by atomic mass is 10.2. The van der Waals surface area contributed by atoms with E-state index >= 15 is 0 Å². The van der Waals surface area contributed by atoms with Crippen molar-refractivity contribution in [1.29, 1.82) is 0 Å². The number of methoxy groups -OCH3 is 1. The zero-order valence-electron chi connectivity index (χ0n) is 14.9. The van der Waals surface area contributed by atoms with E-state index in [0.717, 1.165) is 0 Å². The van der Waals surface area contributed by atoms with Crippen LogP contribution in [0.25, 0.3) is 10.9 Å². The van der Waals surface area contributed by atoms with Gasteiger partial charge in [0.1, 0.15) is 29.5 Å². The summed E-state index contributed by atoms with van der Waals surface area (Å²) in [5.41, 5.74) is 0.623. The molecule has 140 valence electrons. The van der Waals surface area contributed by atoms with Crippen LogP contribution in [0.3, 0.4) is 0 Å². The molecular formula is C19H18N2O6. The van der Waals surface area contributed by atoms with Gasteiger partial charge in [-0.05, 0) is 25.1 Å². The Bertz CT molecular complexity index is 1050. The van der Waals surface area contributed by atoms with Gasteiger partial charge in [-0.25, -0.2) is 9.78 Å². The third kappa shape index (κ3) is 4.22. The summed E-state index contributed by atoms with van der Waals surface area (Å²) in [5, 5.41) is 0.499. The highest BCUT2D eigenvalue weighted by Gasteiger charge is 2.16. The van der Waals surface area contributed by atoms with Crippen LogP contribution in [0.2, 0.25) is 0 Å². The monoisotopic (exact) mass is 370 g/mol. The fourth-order valence-electron chi connectivity index (χ4n) is 2.62. The molecule has 2 aromatic heterocycles. The second-order valence-electron chi connectivity index (χ2n) is 5.86. The second-order valence-corrected chi connectivity index (χ2v) is 5.86. The van der Waals surface area contributed by atoms with Crippen molar-refractivity contribution in [3.05, 3.63) is 63.6 Å². The summed E-state index contributed by atoms with van der Waals surface area (Å²) in [5.74, 6) is 0.168. The number of hydrogen-bond acceptors (Lipinski definition) is 7. The number of aryl methyl sites for hydroxylation is 2. The number of benzene rings is 1. The van der Waals surface area contributed by atoms with Crippen molar-refractivity contribution >= 4 is 22.8 Å². The highest BCUT2D eigenvalue weighted by Crippen LogP contribution is 2.16. The zero-order valence-corrected chi connectivity index (χ0v) is 14.9. The van der Waals surface area contributed by atoms with E-state index in [-0.39, 0.29) is 25.0 Å². The van der Waals surface area contributed by atoms with Gasteiger partial charge in [0.05, 0.1) is 24.4 Å². The number of H-pyrrole nitrogens is 1. The Balaban J connectivity index is 1.57. The number of para-hydroxylation sites is 1. The minimum atomic E-state index is -0.514. The van der Waals surface area contributed by atoms with Gasteiger partial charge in [0.25, 0.3) is 5.56 Å². The molecule has 0 aliphatic rings. The Morgan fingerprint density at radius 3 is 2.81 bits per heavy atom. The van der Waals surface area contributed by atoms with E-state index in [1.165, 1.54) is 13.2 Å². The lowest BCUT2D eigenvalue weighted by Gasteiger charge is -2.04. The van der Waals surface area contributed by atoms with Crippen molar-refractivity contribution in [2.75, 3.05) is 7.11 Å². The third-order valence-electron chi connectivity index (χ3n) is 3.98. The molecule has 0 aliphatic heterocycles. The molecule has 0 bridgehead atoms. The molecule has 0 fully saturated rings. The SMILES string of the molecule is COC(=O)c1cc(COC(=O)CCc2nc3ccccc3c(=O)[nH]2)oc1C. The fraction of sp³-hybridized carbons (Fsp3) is 0.263. The first kappa shape index (κ1) is 18.4. The normalized spacial score (nSPS) is 10.7. The van der Waals surface area contributed by atoms with Crippen LogP contribution in [0.4, 0.5) is 0 Å². The van der Waals surface area contributed by atoms with Crippen LogP contribution in [-0.4, -0.2) is 29.0 Å². The van der Waals surface area contributed by atoms with Gasteiger partial charge in [0.2, 0.25) is 0 Å². The predicted molar refractivity (Wildman–Crippen MR) is 95.3 cm³/mol. The maximum absolute atomic E-state index is 12.0. The topological polar surface area (TPSA) is 111 Å². The molecule has 0 spiro atoms. The molecule has 3 aromatic rings. The van der Waals surface area contributed by atoms with E-state index in [1.807, 2.05) is 0 Å². The Morgan fingerprint density at radius 2 is 2.04 bits per heavy atom. The van der Waals surface area contributed by atoms with Crippen molar-refractivity contribution in [2.24, 2.45) is 0 Å². The van der Waals surface area contributed by atoms with Gasteiger partial charge in [0, 0.05) is 6.42 Å². The van der Waals surface area contributed by atoms with Gasteiger partial charge >= 0.3 is 11.9 Å². The Morgan fingerprint density at radius 1 is 1.26 bits per heavy atom. The first-order valence-corrected chi connectivity index (χ1v) is 8.29. The highest BCUT2D eigenvalue weighted by molar-refractivity contribution is 5.90. The zero-order chi connectivity index (χ0) is 19.4. The lowest BCUT2D eigenvalue weighted by Crippen LogP contribution is -2.13. The van der Waals surface area contributed by atoms with Crippen molar-refractivity contribution in [1.82, 2.24) is 9.97 Å². The molecule has 8 heteroatoms. The first-order chi connectivity index (χ1) is 13.0. The standard InChI is InChI=1S/C19H18N2O6/c1-11-14(19(24)25-2)9-12(27-11)10-26-17(22)8-7-16-20-15-6-4-3-5-13(15)18(23)21-16/h3-6,9H,7-8,10H2,1-2H3,(H,20,21,23). The number of rotatable bonds is 6. The number of aromatic nitrogens is 2. The average Bonchev–Trinajstić information content (AvgIpc) is 3.05. The molecule has 3 rings (SSSR count). The van der Waals surface area contributed by atoms with Gasteiger partial charge in [0.15, 0.2) is 0 Å². The summed E-state index contributed by atoms with van der Waals surface area (Å²) in [6, 6.07) is 8.47. The summed E-state index contributed by atoms with van der Waals surface area (Å²) < 4.78 is 15.2. The molecule has 0 unspecified atom stereocenters. The van der Waals surface area contributed by atoms with Gasteiger partial charge in [-0.2, -0.15) is 0 Å². The molecule has 0 saturated carbocycles. The van der Waals surface area contributed by atoms with Crippen LogP contribution in [0.15, 0.2) is 39.5 Å². The van der Waals surface area contributed by atoms with Crippen LogP contribution in [0, 0.1) is 6.92 Å². The van der Waals surface area contributed by atoms with Crippen molar-refractivity contribution in [3.8, 4) is 0 Å². The van der Waals surface area contributed by atoms with Crippen molar-refractivity contribution < 1.29 is 23.5 Å². The average molecular weight is 370 g/mol. The number of carbonyl (C=O) groups is 2. The summed E-state index contributed by atoms with van der Waals surface area (Å²) in [7, 11) is 1.28. The van der Waals surface area contributed by atoms with Crippen LogP contribution in [0.1, 0.15) is 34.1 Å². The largest absolute Gasteiger partial charge is 0.465 e. The number of ether oxygens (including phenoxy) is 2. The van der Waals surface area contributed by atoms with E-state index in [4.69, 9.17) is 9.15 Å². The molecule has 8 nitrogen and oxygen atoms in total. The molecule has 0 atom stereocenters. The Kier molecular flexibility index (Phi) is 5.35. The number of fused-ring (bicyclic) bond motifs is 1. The third-order valence-corrected chi connectivity index (χ3v) is 3.98. The molecular weight excluding hydrogens is 352 g/mol. The minimum Gasteiger partial charge on any atom is -0.465 e. The molecule has 1 N–H and O–H groups in total. The van der Waals surface area contributed by atoms with Gasteiger partial charge in [-0.3, -0.25) is 9.59 Å². The van der Waals surface area contributed by atoms with E-state index in [9.17, 15) is 14.4 Å². The number of nitrogens with one attached hydrogen (secondary N) is 1. The highest BCUT2D eigenvalue weighted by atomic mass is 16.5. The summed E-state index contributed by atoms with van der Waals surface area (Å²) in [4.78, 5) is 42.5. The minimum absolute atomic E-state index is 0.0465. The summed E-state index contributed by atoms with van der Waals surface area (Å²) >= 11 is 0. The Hall–Kier alpha value is -3.42. The summed E-state index contributed by atoms with van der Waals surface area (Å²) in [6.07, 6.45) is 0.286. The number of furan rings is 1. The molecule has 0 radical (unpaired) electrons. The quantitative estimate of drug-likeness (QED) is 0.663. The second kappa shape index (κ2) is 7.86. The van der Waals surface area contributed by atoms with E-state index in [2.05, 4.69) is 14.7 Å². The maximum atomic E-state index is 12.0. The van der Waals surface area contributed by atoms with Crippen molar-refractivity contribution in [2.45, 2.75) is 26.4 Å². The van der Waals surface area contributed by atoms with Gasteiger partial charge < -0.3 is 18.9 Å². The van der Waals surface area contributed by atoms with Crippen LogP contribution >= 0.6 is 0 Å². The Labute approximate surface area is 154 Å². The molecule has 2 heterocycles. The summed E-state index contributed by atoms with van der Waals surface area (Å²) in [6.45, 7) is 1.53. The molecule has 0 saturated heterocycles. The van der Waals surface area contributed by atoms with Crippen LogP contribution in [-0.2, 0) is 27.3 Å². The molecule has 1 aromatic carbocycles. The first-order valence-electron chi connectivity index (χ1n) is 8.29. The van der Waals surface area contributed by atoms with E-state index < -0.39 is 11.9 Å². The predicted octanol–water partition coefficient (Wildman–Crippen LogP) is 2.29. The molecule has 0 aliphatic carbocycles. The molecule has 27 heavy (non-hydrogen) atoms. The number of nitrogens with zero attached hydrogens (tertiary/aromatic N) is 1. The number of aromatic amines is 1. The van der Waals surface area contributed by atoms with E-state index in [0.29, 0.717) is 33.8 Å². The smallest absolute Gasteiger partial charge is 0.341 e. The number of esters is 2. The fourth-order valence-corrected chi connectivity index (χ4v) is 2.62. The lowest BCUT2D eigenvalue weighted by molar-refractivity contribution is -0.145.